The first-order valence-electron chi connectivity index (χ1n) is 10.8. The second kappa shape index (κ2) is 9.49. The van der Waals surface area contributed by atoms with Gasteiger partial charge >= 0.3 is 0 Å². The van der Waals surface area contributed by atoms with E-state index in [0.29, 0.717) is 0 Å². The molecular formula is C26H28N4OS. The minimum Gasteiger partial charge on any atom is -0.337 e. The lowest BCUT2D eigenvalue weighted by Crippen LogP contribution is -2.11. The average Bonchev–Trinajstić information content (AvgIpc) is 3.44. The van der Waals surface area contributed by atoms with Crippen LogP contribution in [0.5, 0.6) is 0 Å². The number of aromatic nitrogens is 3. The molecule has 1 amide bonds. The second-order valence-corrected chi connectivity index (χ2v) is 9.81. The van der Waals surface area contributed by atoms with Gasteiger partial charge in [0.05, 0.1) is 22.1 Å². The third kappa shape index (κ3) is 5.51. The van der Waals surface area contributed by atoms with E-state index in [1.54, 1.807) is 23.6 Å². The minimum atomic E-state index is -0.119. The summed E-state index contributed by atoms with van der Waals surface area (Å²) < 4.78 is 3.12. The van der Waals surface area contributed by atoms with Crippen LogP contribution in [0.4, 0.5) is 5.69 Å². The number of aryl methyl sites for hydroxylation is 1. The van der Waals surface area contributed by atoms with Crippen LogP contribution >= 0.6 is 11.3 Å². The van der Waals surface area contributed by atoms with Crippen LogP contribution < -0.4 is 5.32 Å². The normalized spacial score (nSPS) is 12.3. The van der Waals surface area contributed by atoms with Crippen molar-refractivity contribution in [1.82, 2.24) is 14.5 Å². The first-order chi connectivity index (χ1) is 15.4. The maximum atomic E-state index is 12.9. The second-order valence-electron chi connectivity index (χ2n) is 8.93. The number of anilines is 1. The summed E-state index contributed by atoms with van der Waals surface area (Å²) >= 11 is 1.57. The number of carbonyl (C=O) groups is 1. The molecule has 0 saturated heterocycles. The molecule has 32 heavy (non-hydrogen) atoms. The number of amides is 1. The van der Waals surface area contributed by atoms with Crippen molar-refractivity contribution in [2.24, 2.45) is 0 Å². The van der Waals surface area contributed by atoms with Gasteiger partial charge in [0.2, 0.25) is 5.91 Å². The van der Waals surface area contributed by atoms with Crippen LogP contribution in [0.1, 0.15) is 44.7 Å². The summed E-state index contributed by atoms with van der Waals surface area (Å²) in [7, 11) is 0. The first kappa shape index (κ1) is 22.0. The molecule has 0 fully saturated rings. The predicted molar refractivity (Wildman–Crippen MR) is 133 cm³/mol. The van der Waals surface area contributed by atoms with Gasteiger partial charge in [-0.05, 0) is 53.2 Å². The summed E-state index contributed by atoms with van der Waals surface area (Å²) in [6, 6.07) is 14.4. The summed E-state index contributed by atoms with van der Waals surface area (Å²) in [6.07, 6.45) is 9.03. The van der Waals surface area contributed by atoms with Crippen molar-refractivity contribution in [3.8, 4) is 0 Å². The number of carbonyl (C=O) groups excluding carboxylic acids is 1. The van der Waals surface area contributed by atoms with Gasteiger partial charge in [-0.1, -0.05) is 45.0 Å². The van der Waals surface area contributed by atoms with Gasteiger partial charge in [0.1, 0.15) is 0 Å². The van der Waals surface area contributed by atoms with Crippen LogP contribution in [0.2, 0.25) is 0 Å². The smallest absolute Gasteiger partial charge is 0.248 e. The van der Waals surface area contributed by atoms with Crippen LogP contribution in [0.15, 0.2) is 72.8 Å². The summed E-state index contributed by atoms with van der Waals surface area (Å²) in [6.45, 7) is 7.48. The number of rotatable bonds is 7. The topological polar surface area (TPSA) is 59.8 Å². The zero-order valence-electron chi connectivity index (χ0n) is 18.7. The molecule has 0 aliphatic rings. The van der Waals surface area contributed by atoms with Crippen molar-refractivity contribution in [2.45, 2.75) is 45.6 Å². The molecule has 2 aromatic carbocycles. The number of thiazole rings is 1. The monoisotopic (exact) mass is 444 g/mol. The lowest BCUT2D eigenvalue weighted by Gasteiger charge is -2.19. The first-order valence-corrected chi connectivity index (χ1v) is 11.7. The van der Waals surface area contributed by atoms with Crippen LogP contribution in [0, 0.1) is 0 Å². The maximum absolute atomic E-state index is 12.9. The van der Waals surface area contributed by atoms with E-state index >= 15 is 0 Å². The highest BCUT2D eigenvalue weighted by Gasteiger charge is 2.14. The Morgan fingerprint density at radius 1 is 1.16 bits per heavy atom. The zero-order valence-corrected chi connectivity index (χ0v) is 19.5. The minimum absolute atomic E-state index is 0.0937. The number of hydrogen-bond acceptors (Lipinski definition) is 4. The van der Waals surface area contributed by atoms with Crippen LogP contribution in [0.25, 0.3) is 15.8 Å². The summed E-state index contributed by atoms with van der Waals surface area (Å²) in [5.74, 6) is -0.119. The molecule has 0 unspecified atom stereocenters. The number of nitrogens with zero attached hydrogens (tertiary/aromatic N) is 3. The molecule has 6 heteroatoms. The molecule has 5 nitrogen and oxygen atoms in total. The molecule has 0 aliphatic carbocycles. The Kier molecular flexibility index (Phi) is 6.51. The van der Waals surface area contributed by atoms with E-state index in [2.05, 4.69) is 64.9 Å². The Morgan fingerprint density at radius 3 is 2.69 bits per heavy atom. The van der Waals surface area contributed by atoms with Crippen molar-refractivity contribution >= 4 is 38.7 Å². The standard InChI is InChI=1S/C26H28N4OS/c1-26(2,3)21-8-6-19(7-9-21)20(5-4-13-30-14-12-27-17-30)15-25(31)29-22-10-11-23-24(16-22)32-18-28-23/h6-12,14-18H,4-5,13H2,1-3H3,(H,29,31). The lowest BCUT2D eigenvalue weighted by molar-refractivity contribution is -0.111. The van der Waals surface area contributed by atoms with Gasteiger partial charge < -0.3 is 9.88 Å². The summed E-state index contributed by atoms with van der Waals surface area (Å²) in [5, 5.41) is 3.01. The largest absolute Gasteiger partial charge is 0.337 e. The number of fused-ring (bicyclic) bond motifs is 1. The zero-order chi connectivity index (χ0) is 22.6. The van der Waals surface area contributed by atoms with Crippen molar-refractivity contribution in [1.29, 1.82) is 0 Å². The molecular weight excluding hydrogens is 416 g/mol. The van der Waals surface area contributed by atoms with Crippen LogP contribution in [0.3, 0.4) is 0 Å². The number of nitrogens with one attached hydrogen (secondary N) is 1. The van der Waals surface area contributed by atoms with Crippen LogP contribution in [-0.4, -0.2) is 20.4 Å². The number of allylic oxidation sites excluding steroid dienone is 1. The molecule has 0 aliphatic heterocycles. The molecule has 0 atom stereocenters. The molecule has 0 radical (unpaired) electrons. The van der Waals surface area contributed by atoms with Gasteiger partial charge in [0.15, 0.2) is 0 Å². The highest BCUT2D eigenvalue weighted by Crippen LogP contribution is 2.27. The number of hydrogen-bond donors (Lipinski definition) is 1. The Morgan fingerprint density at radius 2 is 1.97 bits per heavy atom. The van der Waals surface area contributed by atoms with E-state index in [9.17, 15) is 4.79 Å². The molecule has 2 heterocycles. The van der Waals surface area contributed by atoms with E-state index in [4.69, 9.17) is 0 Å². The average molecular weight is 445 g/mol. The van der Waals surface area contributed by atoms with E-state index in [-0.39, 0.29) is 11.3 Å². The lowest BCUT2D eigenvalue weighted by atomic mass is 9.86. The van der Waals surface area contributed by atoms with Gasteiger partial charge in [0, 0.05) is 30.7 Å². The molecule has 4 rings (SSSR count). The van der Waals surface area contributed by atoms with Crippen molar-refractivity contribution in [3.05, 3.63) is 83.9 Å². The fraction of sp³-hybridized carbons (Fsp3) is 0.269. The van der Waals surface area contributed by atoms with E-state index in [0.717, 1.165) is 46.4 Å². The molecule has 1 N–H and O–H groups in total. The van der Waals surface area contributed by atoms with Gasteiger partial charge in [-0.15, -0.1) is 11.3 Å². The summed E-state index contributed by atoms with van der Waals surface area (Å²) in [5.41, 5.74) is 7.03. The van der Waals surface area contributed by atoms with E-state index < -0.39 is 0 Å². The third-order valence-corrected chi connectivity index (χ3v) is 6.24. The van der Waals surface area contributed by atoms with Crippen molar-refractivity contribution in [3.63, 3.8) is 0 Å². The highest BCUT2D eigenvalue weighted by molar-refractivity contribution is 7.16. The van der Waals surface area contributed by atoms with Crippen LogP contribution in [-0.2, 0) is 16.8 Å². The Balaban J connectivity index is 1.53. The number of imidazole rings is 1. The van der Waals surface area contributed by atoms with Gasteiger partial charge in [-0.2, -0.15) is 0 Å². The quantitative estimate of drug-likeness (QED) is 0.341. The van der Waals surface area contributed by atoms with Crippen molar-refractivity contribution in [2.75, 3.05) is 5.32 Å². The molecule has 0 bridgehead atoms. The maximum Gasteiger partial charge on any atom is 0.248 e. The molecule has 4 aromatic rings. The van der Waals surface area contributed by atoms with Crippen molar-refractivity contribution < 1.29 is 4.79 Å². The predicted octanol–water partition coefficient (Wildman–Crippen LogP) is 6.29. The van der Waals surface area contributed by atoms with E-state index in [1.807, 2.05) is 36.2 Å². The van der Waals surface area contributed by atoms with E-state index in [1.165, 1.54) is 5.56 Å². The fourth-order valence-corrected chi connectivity index (χ4v) is 4.34. The SMILES string of the molecule is CC(C)(C)c1ccc(C(=CC(=O)Nc2ccc3ncsc3c2)CCCn2ccnc2)cc1. The molecule has 0 saturated carbocycles. The molecule has 2 aromatic heterocycles. The van der Waals surface area contributed by atoms with Gasteiger partial charge in [-0.3, -0.25) is 4.79 Å². The van der Waals surface area contributed by atoms with Gasteiger partial charge in [-0.25, -0.2) is 9.97 Å². The molecule has 0 spiro atoms. The number of benzene rings is 2. The fourth-order valence-electron chi connectivity index (χ4n) is 3.62. The molecule has 164 valence electrons. The van der Waals surface area contributed by atoms with Gasteiger partial charge in [0.25, 0.3) is 0 Å². The Bertz CT molecular complexity index is 1210. The Hall–Kier alpha value is -3.25. The highest BCUT2D eigenvalue weighted by atomic mass is 32.1. The Labute approximate surface area is 192 Å². The third-order valence-electron chi connectivity index (χ3n) is 5.45. The summed E-state index contributed by atoms with van der Waals surface area (Å²) in [4.78, 5) is 21.3.